The van der Waals surface area contributed by atoms with E-state index in [0.717, 1.165) is 5.56 Å². The Balaban J connectivity index is 2.11. The number of carbonyl (C=O) groups is 1. The van der Waals surface area contributed by atoms with Gasteiger partial charge in [0, 0.05) is 5.69 Å². The van der Waals surface area contributed by atoms with Gasteiger partial charge in [-0.1, -0.05) is 0 Å². The molecule has 0 atom stereocenters. The summed E-state index contributed by atoms with van der Waals surface area (Å²) in [5.41, 5.74) is 6.94. The third kappa shape index (κ3) is 3.29. The monoisotopic (exact) mass is 297 g/mol. The fourth-order valence-corrected chi connectivity index (χ4v) is 2.42. The van der Waals surface area contributed by atoms with Crippen molar-refractivity contribution in [2.75, 3.05) is 15.8 Å². The van der Waals surface area contributed by atoms with Crippen molar-refractivity contribution < 1.29 is 13.2 Å². The molecule has 110 valence electrons. The zero-order valence-electron chi connectivity index (χ0n) is 11.6. The molecule has 1 aromatic carbocycles. The fraction of sp³-hybridized carbons (Fsp3) is 0.462. The Morgan fingerprint density at radius 1 is 1.40 bits per heavy atom. The van der Waals surface area contributed by atoms with Gasteiger partial charge in [0.2, 0.25) is 15.9 Å². The van der Waals surface area contributed by atoms with Gasteiger partial charge in [-0.15, -0.1) is 0 Å². The molecule has 1 aliphatic rings. The van der Waals surface area contributed by atoms with Gasteiger partial charge >= 0.3 is 0 Å². The van der Waals surface area contributed by atoms with E-state index in [1.54, 1.807) is 32.0 Å². The van der Waals surface area contributed by atoms with Gasteiger partial charge in [-0.05, 0) is 50.5 Å². The maximum atomic E-state index is 11.8. The Morgan fingerprint density at radius 2 is 2.05 bits per heavy atom. The van der Waals surface area contributed by atoms with Crippen LogP contribution in [0.15, 0.2) is 18.2 Å². The second-order valence-corrected chi connectivity index (χ2v) is 7.16. The SMILES string of the molecule is CCS(=O)(=O)Nc1ccc(NC(=O)C2(N)CC2)cc1C. The van der Waals surface area contributed by atoms with Crippen LogP contribution in [0.25, 0.3) is 0 Å². The summed E-state index contributed by atoms with van der Waals surface area (Å²) in [4.78, 5) is 11.8. The minimum Gasteiger partial charge on any atom is -0.324 e. The molecule has 20 heavy (non-hydrogen) atoms. The van der Waals surface area contributed by atoms with E-state index in [9.17, 15) is 13.2 Å². The van der Waals surface area contributed by atoms with Crippen LogP contribution < -0.4 is 15.8 Å². The van der Waals surface area contributed by atoms with Crippen LogP contribution in [0.1, 0.15) is 25.3 Å². The van der Waals surface area contributed by atoms with E-state index >= 15 is 0 Å². The normalized spacial score (nSPS) is 16.6. The van der Waals surface area contributed by atoms with Crippen molar-refractivity contribution in [3.63, 3.8) is 0 Å². The molecule has 2 rings (SSSR count). The zero-order valence-corrected chi connectivity index (χ0v) is 12.4. The standard InChI is InChI=1S/C13H19N3O3S/c1-3-20(18,19)16-11-5-4-10(8-9(11)2)15-12(17)13(14)6-7-13/h4-5,8,16H,3,6-7,14H2,1-2H3,(H,15,17). The van der Waals surface area contributed by atoms with Crippen LogP contribution in [0.5, 0.6) is 0 Å². The number of hydrogen-bond acceptors (Lipinski definition) is 4. The first-order valence-corrected chi connectivity index (χ1v) is 8.12. The van der Waals surface area contributed by atoms with Crippen molar-refractivity contribution >= 4 is 27.3 Å². The highest BCUT2D eigenvalue weighted by atomic mass is 32.2. The van der Waals surface area contributed by atoms with Gasteiger partial charge in [0.15, 0.2) is 0 Å². The Kier molecular flexibility index (Phi) is 3.75. The van der Waals surface area contributed by atoms with Gasteiger partial charge in [-0.25, -0.2) is 8.42 Å². The number of anilines is 2. The second-order valence-electron chi connectivity index (χ2n) is 5.15. The van der Waals surface area contributed by atoms with Crippen molar-refractivity contribution in [3.8, 4) is 0 Å². The summed E-state index contributed by atoms with van der Waals surface area (Å²) in [5.74, 6) is -0.181. The number of carbonyl (C=O) groups excluding carboxylic acids is 1. The highest BCUT2D eigenvalue weighted by Crippen LogP contribution is 2.33. The summed E-state index contributed by atoms with van der Waals surface area (Å²) in [7, 11) is -3.30. The summed E-state index contributed by atoms with van der Waals surface area (Å²) in [5, 5.41) is 2.75. The van der Waals surface area contributed by atoms with Crippen LogP contribution in [0.3, 0.4) is 0 Å². The minimum atomic E-state index is -3.30. The molecule has 1 fully saturated rings. The average Bonchev–Trinajstić information content (AvgIpc) is 3.12. The van der Waals surface area contributed by atoms with E-state index < -0.39 is 15.6 Å². The molecule has 1 aromatic rings. The second kappa shape index (κ2) is 5.06. The largest absolute Gasteiger partial charge is 0.324 e. The molecule has 6 nitrogen and oxygen atoms in total. The highest BCUT2D eigenvalue weighted by molar-refractivity contribution is 7.92. The highest BCUT2D eigenvalue weighted by Gasteiger charge is 2.45. The topological polar surface area (TPSA) is 101 Å². The smallest absolute Gasteiger partial charge is 0.244 e. The molecule has 0 unspecified atom stereocenters. The minimum absolute atomic E-state index is 0.0145. The predicted octanol–water partition coefficient (Wildman–Crippen LogP) is 1.19. The molecular formula is C13H19N3O3S. The lowest BCUT2D eigenvalue weighted by atomic mass is 10.1. The van der Waals surface area contributed by atoms with E-state index in [1.807, 2.05) is 0 Å². The zero-order chi connectivity index (χ0) is 15.0. The van der Waals surface area contributed by atoms with Gasteiger partial charge in [0.05, 0.1) is 17.0 Å². The molecule has 1 aliphatic carbocycles. The number of rotatable bonds is 5. The first-order valence-electron chi connectivity index (χ1n) is 6.47. The number of benzene rings is 1. The van der Waals surface area contributed by atoms with Crippen LogP contribution in [0.4, 0.5) is 11.4 Å². The van der Waals surface area contributed by atoms with Gasteiger partial charge in [-0.3, -0.25) is 9.52 Å². The van der Waals surface area contributed by atoms with Crippen LogP contribution >= 0.6 is 0 Å². The summed E-state index contributed by atoms with van der Waals surface area (Å²) >= 11 is 0. The summed E-state index contributed by atoms with van der Waals surface area (Å²) in [6.45, 7) is 3.35. The molecule has 0 spiro atoms. The van der Waals surface area contributed by atoms with E-state index in [-0.39, 0.29) is 11.7 Å². The van der Waals surface area contributed by atoms with Gasteiger partial charge in [-0.2, -0.15) is 0 Å². The molecule has 1 amide bonds. The van der Waals surface area contributed by atoms with Crippen LogP contribution in [-0.4, -0.2) is 25.6 Å². The number of aryl methyl sites for hydroxylation is 1. The number of nitrogens with one attached hydrogen (secondary N) is 2. The molecule has 0 saturated heterocycles. The first kappa shape index (κ1) is 14.8. The average molecular weight is 297 g/mol. The molecule has 0 radical (unpaired) electrons. The molecule has 7 heteroatoms. The fourth-order valence-electron chi connectivity index (χ4n) is 1.71. The van der Waals surface area contributed by atoms with Gasteiger partial charge < -0.3 is 11.1 Å². The molecule has 4 N–H and O–H groups in total. The number of nitrogens with two attached hydrogens (primary N) is 1. The van der Waals surface area contributed by atoms with Gasteiger partial charge in [0.1, 0.15) is 0 Å². The van der Waals surface area contributed by atoms with Crippen molar-refractivity contribution in [3.05, 3.63) is 23.8 Å². The third-order valence-corrected chi connectivity index (χ3v) is 4.66. The maximum absolute atomic E-state index is 11.8. The molecular weight excluding hydrogens is 278 g/mol. The summed E-state index contributed by atoms with van der Waals surface area (Å²) < 4.78 is 25.5. The predicted molar refractivity (Wildman–Crippen MR) is 79.0 cm³/mol. The van der Waals surface area contributed by atoms with Crippen LogP contribution in [0, 0.1) is 6.92 Å². The molecule has 1 saturated carbocycles. The lowest BCUT2D eigenvalue weighted by molar-refractivity contribution is -0.118. The summed E-state index contributed by atoms with van der Waals surface area (Å²) in [6, 6.07) is 5.01. The van der Waals surface area contributed by atoms with Crippen molar-refractivity contribution in [1.29, 1.82) is 0 Å². The van der Waals surface area contributed by atoms with Crippen LogP contribution in [0.2, 0.25) is 0 Å². The first-order chi connectivity index (χ1) is 9.26. The molecule has 0 bridgehead atoms. The molecule has 0 aliphatic heterocycles. The summed E-state index contributed by atoms with van der Waals surface area (Å²) in [6.07, 6.45) is 1.40. The van der Waals surface area contributed by atoms with Gasteiger partial charge in [0.25, 0.3) is 0 Å². The quantitative estimate of drug-likeness (QED) is 0.759. The molecule has 0 heterocycles. The van der Waals surface area contributed by atoms with Crippen molar-refractivity contribution in [1.82, 2.24) is 0 Å². The number of hydrogen-bond donors (Lipinski definition) is 3. The number of amides is 1. The van der Waals surface area contributed by atoms with E-state index in [4.69, 9.17) is 5.73 Å². The lowest BCUT2D eigenvalue weighted by Crippen LogP contribution is -2.37. The Bertz CT molecular complexity index is 636. The van der Waals surface area contributed by atoms with Crippen molar-refractivity contribution in [2.24, 2.45) is 5.73 Å². The maximum Gasteiger partial charge on any atom is 0.244 e. The van der Waals surface area contributed by atoms with Crippen molar-refractivity contribution in [2.45, 2.75) is 32.2 Å². The lowest BCUT2D eigenvalue weighted by Gasteiger charge is -2.13. The van der Waals surface area contributed by atoms with E-state index in [0.29, 0.717) is 24.2 Å². The van der Waals surface area contributed by atoms with E-state index in [2.05, 4.69) is 10.0 Å². The Hall–Kier alpha value is -1.60. The Morgan fingerprint density at radius 3 is 2.55 bits per heavy atom. The Labute approximate surface area is 118 Å². The van der Waals surface area contributed by atoms with E-state index in [1.165, 1.54) is 0 Å². The van der Waals surface area contributed by atoms with Crippen LogP contribution in [-0.2, 0) is 14.8 Å². The number of sulfonamides is 1. The third-order valence-electron chi connectivity index (χ3n) is 3.37. The molecule has 0 aromatic heterocycles.